The molecule has 116 valence electrons. The Labute approximate surface area is 130 Å². The van der Waals surface area contributed by atoms with Crippen LogP contribution < -0.4 is 4.74 Å². The summed E-state index contributed by atoms with van der Waals surface area (Å²) in [5.41, 5.74) is 0.789. The van der Waals surface area contributed by atoms with E-state index in [1.54, 1.807) is 13.0 Å². The van der Waals surface area contributed by atoms with Gasteiger partial charge in [0.25, 0.3) is 0 Å². The highest BCUT2D eigenvalue weighted by molar-refractivity contribution is 5.91. The third-order valence-electron chi connectivity index (χ3n) is 3.14. The van der Waals surface area contributed by atoms with Crippen LogP contribution in [0.5, 0.6) is 5.88 Å². The zero-order valence-corrected chi connectivity index (χ0v) is 12.2. The average molecular weight is 314 g/mol. The van der Waals surface area contributed by atoms with Gasteiger partial charge >= 0.3 is 5.97 Å². The van der Waals surface area contributed by atoms with Crippen LogP contribution in [0, 0.1) is 18.6 Å². The van der Waals surface area contributed by atoms with E-state index in [2.05, 4.69) is 5.10 Å². The second-order valence-corrected chi connectivity index (χ2v) is 4.88. The van der Waals surface area contributed by atoms with Gasteiger partial charge in [-0.25, -0.2) is 18.3 Å². The van der Waals surface area contributed by atoms with Crippen LogP contribution in [0.15, 0.2) is 54.6 Å². The van der Waals surface area contributed by atoms with Gasteiger partial charge in [0.15, 0.2) is 0 Å². The van der Waals surface area contributed by atoms with E-state index in [1.807, 2.05) is 0 Å². The predicted octanol–water partition coefficient (Wildman–Crippen LogP) is 3.68. The molecule has 0 spiro atoms. The fourth-order valence-corrected chi connectivity index (χ4v) is 2.12. The average Bonchev–Trinajstić information content (AvgIpc) is 2.88. The zero-order chi connectivity index (χ0) is 16.4. The molecule has 1 aromatic heterocycles. The van der Waals surface area contributed by atoms with Crippen LogP contribution in [-0.4, -0.2) is 15.7 Å². The standard InChI is InChI=1S/C17H12F2N2O2/c1-11-9-16(21(20-11)13-6-4-5-12(18)10-13)23-17(22)14-7-2-3-8-15(14)19/h2-10H,1H3. The van der Waals surface area contributed by atoms with Crippen LogP contribution in [0.4, 0.5) is 8.78 Å². The largest absolute Gasteiger partial charge is 0.404 e. The van der Waals surface area contributed by atoms with E-state index in [1.165, 1.54) is 53.2 Å². The molecule has 6 heteroatoms. The Morgan fingerprint density at radius 1 is 1.09 bits per heavy atom. The van der Waals surface area contributed by atoms with E-state index >= 15 is 0 Å². The lowest BCUT2D eigenvalue weighted by Crippen LogP contribution is -2.13. The maximum Gasteiger partial charge on any atom is 0.347 e. The van der Waals surface area contributed by atoms with Gasteiger partial charge in [-0.3, -0.25) is 0 Å². The number of hydrogen-bond donors (Lipinski definition) is 0. The second kappa shape index (κ2) is 6.00. The molecule has 0 saturated carbocycles. The van der Waals surface area contributed by atoms with Gasteiger partial charge in [-0.05, 0) is 37.3 Å². The summed E-state index contributed by atoms with van der Waals surface area (Å²) in [6.45, 7) is 1.70. The van der Waals surface area contributed by atoms with Crippen molar-refractivity contribution in [1.82, 2.24) is 9.78 Å². The number of rotatable bonds is 3. The molecule has 4 nitrogen and oxygen atoms in total. The Morgan fingerprint density at radius 3 is 2.61 bits per heavy atom. The van der Waals surface area contributed by atoms with E-state index in [0.29, 0.717) is 11.4 Å². The van der Waals surface area contributed by atoms with Crippen LogP contribution in [0.3, 0.4) is 0 Å². The van der Waals surface area contributed by atoms with Crippen molar-refractivity contribution in [2.45, 2.75) is 6.92 Å². The van der Waals surface area contributed by atoms with E-state index in [0.717, 1.165) is 0 Å². The number of esters is 1. The summed E-state index contributed by atoms with van der Waals surface area (Å²) < 4.78 is 33.5. The smallest absolute Gasteiger partial charge is 0.347 e. The molecule has 0 aliphatic carbocycles. The highest BCUT2D eigenvalue weighted by Gasteiger charge is 2.17. The van der Waals surface area contributed by atoms with Gasteiger partial charge in [-0.2, -0.15) is 5.10 Å². The van der Waals surface area contributed by atoms with Crippen molar-refractivity contribution in [1.29, 1.82) is 0 Å². The molecule has 0 bridgehead atoms. The van der Waals surface area contributed by atoms with Gasteiger partial charge in [0, 0.05) is 6.07 Å². The number of halogens is 2. The molecule has 23 heavy (non-hydrogen) atoms. The number of aryl methyl sites for hydroxylation is 1. The molecule has 2 aromatic carbocycles. The normalized spacial score (nSPS) is 10.6. The molecule has 0 aliphatic rings. The molecule has 0 amide bonds. The van der Waals surface area contributed by atoms with E-state index in [-0.39, 0.29) is 11.4 Å². The van der Waals surface area contributed by atoms with Crippen LogP contribution in [0.1, 0.15) is 16.1 Å². The SMILES string of the molecule is Cc1cc(OC(=O)c2ccccc2F)n(-c2cccc(F)c2)n1. The maximum atomic E-state index is 13.7. The Hall–Kier alpha value is -3.02. The first-order chi connectivity index (χ1) is 11.0. The van der Waals surface area contributed by atoms with Crippen molar-refractivity contribution >= 4 is 5.97 Å². The Morgan fingerprint density at radius 2 is 1.87 bits per heavy atom. The molecule has 0 saturated heterocycles. The summed E-state index contributed by atoms with van der Waals surface area (Å²) in [5.74, 6) is -1.88. The third kappa shape index (κ3) is 3.11. The minimum absolute atomic E-state index is 0.0846. The molecule has 0 N–H and O–H groups in total. The van der Waals surface area contributed by atoms with Crippen molar-refractivity contribution < 1.29 is 18.3 Å². The predicted molar refractivity (Wildman–Crippen MR) is 79.6 cm³/mol. The zero-order valence-electron chi connectivity index (χ0n) is 12.2. The summed E-state index contributed by atoms with van der Waals surface area (Å²) in [5, 5.41) is 4.17. The maximum absolute atomic E-state index is 13.7. The summed E-state index contributed by atoms with van der Waals surface area (Å²) in [6, 6.07) is 12.7. The molecule has 0 unspecified atom stereocenters. The van der Waals surface area contributed by atoms with Crippen molar-refractivity contribution in [3.05, 3.63) is 77.5 Å². The lowest BCUT2D eigenvalue weighted by molar-refractivity contribution is 0.0718. The quantitative estimate of drug-likeness (QED) is 0.693. The minimum atomic E-state index is -0.847. The lowest BCUT2D eigenvalue weighted by atomic mass is 10.2. The number of benzene rings is 2. The van der Waals surface area contributed by atoms with Crippen LogP contribution in [0.25, 0.3) is 5.69 Å². The van der Waals surface area contributed by atoms with Crippen molar-refractivity contribution in [3.8, 4) is 11.6 Å². The number of aromatic nitrogens is 2. The van der Waals surface area contributed by atoms with Crippen molar-refractivity contribution in [2.75, 3.05) is 0 Å². The third-order valence-corrected chi connectivity index (χ3v) is 3.14. The Balaban J connectivity index is 1.95. The number of nitrogens with zero attached hydrogens (tertiary/aromatic N) is 2. The van der Waals surface area contributed by atoms with E-state index < -0.39 is 17.6 Å². The van der Waals surface area contributed by atoms with Gasteiger partial charge in [0.05, 0.1) is 16.9 Å². The van der Waals surface area contributed by atoms with E-state index in [9.17, 15) is 13.6 Å². The van der Waals surface area contributed by atoms with Gasteiger partial charge < -0.3 is 4.74 Å². The molecule has 0 radical (unpaired) electrons. The Bertz CT molecular complexity index is 875. The summed E-state index contributed by atoms with van der Waals surface area (Å²) in [7, 11) is 0. The molecule has 1 heterocycles. The van der Waals surface area contributed by atoms with Gasteiger partial charge in [0.1, 0.15) is 11.6 Å². The highest BCUT2D eigenvalue weighted by atomic mass is 19.1. The number of carbonyl (C=O) groups excluding carboxylic acids is 1. The molecule has 0 fully saturated rings. The van der Waals surface area contributed by atoms with E-state index in [4.69, 9.17) is 4.74 Å². The van der Waals surface area contributed by atoms with Crippen LogP contribution in [-0.2, 0) is 0 Å². The fraction of sp³-hybridized carbons (Fsp3) is 0.0588. The summed E-state index contributed by atoms with van der Waals surface area (Å²) in [4.78, 5) is 12.1. The molecule has 0 atom stereocenters. The van der Waals surface area contributed by atoms with Crippen LogP contribution in [0.2, 0.25) is 0 Å². The number of hydrogen-bond acceptors (Lipinski definition) is 3. The molecule has 0 aliphatic heterocycles. The fourth-order valence-electron chi connectivity index (χ4n) is 2.12. The molecular formula is C17H12F2N2O2. The minimum Gasteiger partial charge on any atom is -0.404 e. The van der Waals surface area contributed by atoms with Gasteiger partial charge in [0.2, 0.25) is 5.88 Å². The highest BCUT2D eigenvalue weighted by Crippen LogP contribution is 2.21. The first-order valence-corrected chi connectivity index (χ1v) is 6.84. The van der Waals surface area contributed by atoms with Crippen LogP contribution >= 0.6 is 0 Å². The topological polar surface area (TPSA) is 44.1 Å². The number of ether oxygens (including phenoxy) is 1. The molecule has 3 rings (SSSR count). The molecule has 3 aromatic rings. The summed E-state index contributed by atoms with van der Waals surface area (Å²) in [6.07, 6.45) is 0. The lowest BCUT2D eigenvalue weighted by Gasteiger charge is -2.08. The Kier molecular flexibility index (Phi) is 3.89. The number of carbonyl (C=O) groups is 1. The summed E-state index contributed by atoms with van der Waals surface area (Å²) >= 11 is 0. The molecular weight excluding hydrogens is 302 g/mol. The van der Waals surface area contributed by atoms with Gasteiger partial charge in [-0.15, -0.1) is 0 Å². The van der Waals surface area contributed by atoms with Crippen molar-refractivity contribution in [2.24, 2.45) is 0 Å². The second-order valence-electron chi connectivity index (χ2n) is 4.88. The van der Waals surface area contributed by atoms with Gasteiger partial charge in [-0.1, -0.05) is 18.2 Å². The first kappa shape index (κ1) is 14.9. The first-order valence-electron chi connectivity index (χ1n) is 6.84. The van der Waals surface area contributed by atoms with Crippen molar-refractivity contribution in [3.63, 3.8) is 0 Å². The monoisotopic (exact) mass is 314 g/mol.